The monoisotopic (exact) mass is 386 g/mol. The summed E-state index contributed by atoms with van der Waals surface area (Å²) in [7, 11) is 0.553. The molecule has 3 rings (SSSR count). The fourth-order valence-corrected chi connectivity index (χ4v) is 4.08. The third-order valence-electron chi connectivity index (χ3n) is 4.87. The molecule has 0 amide bonds. The fraction of sp³-hybridized carbons (Fsp3) is 0.429. The van der Waals surface area contributed by atoms with Crippen LogP contribution in [0.3, 0.4) is 0 Å². The van der Waals surface area contributed by atoms with Crippen LogP contribution < -0.4 is 10.3 Å². The second-order valence-corrected chi connectivity index (χ2v) is 8.69. The smallest absolute Gasteiger partial charge is 0.260 e. The van der Waals surface area contributed by atoms with E-state index in [2.05, 4.69) is 18.8 Å². The van der Waals surface area contributed by atoms with Crippen molar-refractivity contribution in [2.75, 3.05) is 12.9 Å². The van der Waals surface area contributed by atoms with Crippen LogP contribution in [0.25, 0.3) is 21.7 Å². The summed E-state index contributed by atoms with van der Waals surface area (Å²) in [4.78, 5) is 17.8. The number of ether oxygens (including phenoxy) is 1. The van der Waals surface area contributed by atoms with Gasteiger partial charge in [-0.25, -0.2) is 0 Å². The number of aryl methyl sites for hydroxylation is 2. The summed E-state index contributed by atoms with van der Waals surface area (Å²) in [5.41, 5.74) is 1.38. The molecule has 0 aliphatic heterocycles. The third kappa shape index (κ3) is 3.76. The molecule has 0 saturated carbocycles. The lowest BCUT2D eigenvalue weighted by molar-refractivity contribution is 0.291. The molecular weight excluding hydrogens is 360 g/mol. The first kappa shape index (κ1) is 19.5. The number of pyridine rings is 2. The van der Waals surface area contributed by atoms with Gasteiger partial charge in [0.25, 0.3) is 5.56 Å². The lowest BCUT2D eigenvalue weighted by atomic mass is 10.1. The maximum atomic E-state index is 12.9. The molecule has 0 N–H and O–H groups in total. The van der Waals surface area contributed by atoms with Crippen molar-refractivity contribution in [2.45, 2.75) is 38.5 Å². The Labute approximate surface area is 161 Å². The number of benzene rings is 1. The van der Waals surface area contributed by atoms with Crippen LogP contribution >= 0.6 is 0 Å². The predicted molar refractivity (Wildman–Crippen MR) is 111 cm³/mol. The molecule has 144 valence electrons. The van der Waals surface area contributed by atoms with E-state index in [1.807, 2.05) is 25.1 Å². The van der Waals surface area contributed by atoms with Crippen molar-refractivity contribution >= 4 is 32.5 Å². The van der Waals surface area contributed by atoms with Crippen molar-refractivity contribution < 1.29 is 8.95 Å². The van der Waals surface area contributed by atoms with Gasteiger partial charge in [-0.3, -0.25) is 14.0 Å². The maximum Gasteiger partial charge on any atom is 0.260 e. The lowest BCUT2D eigenvalue weighted by Gasteiger charge is -2.15. The van der Waals surface area contributed by atoms with Gasteiger partial charge in [0.05, 0.1) is 38.9 Å². The molecule has 0 spiro atoms. The summed E-state index contributed by atoms with van der Waals surface area (Å²) < 4.78 is 19.9. The molecular formula is C21H26N2O3S. The van der Waals surface area contributed by atoms with Crippen LogP contribution in [0.5, 0.6) is 5.75 Å². The number of hydrogen-bond acceptors (Lipinski definition) is 4. The molecule has 2 heterocycles. The van der Waals surface area contributed by atoms with E-state index in [-0.39, 0.29) is 5.56 Å². The Balaban J connectivity index is 2.20. The standard InChI is InChI=1S/C21H26N2O3S/c1-13(2)7-6-10-26-18-12-17-16(11-19(18)27(5)25)15-8-9-22-14(3)20(15)21(24)23(17)4/h8-9,11-13H,6-7,10H2,1-5H3. The van der Waals surface area contributed by atoms with Gasteiger partial charge < -0.3 is 9.30 Å². The number of rotatable bonds is 6. The Bertz CT molecular complexity index is 1090. The zero-order valence-corrected chi connectivity index (χ0v) is 17.4. The summed E-state index contributed by atoms with van der Waals surface area (Å²) in [6.45, 7) is 6.76. The van der Waals surface area contributed by atoms with Crippen molar-refractivity contribution in [1.29, 1.82) is 0 Å². The van der Waals surface area contributed by atoms with Gasteiger partial charge >= 0.3 is 0 Å². The van der Waals surface area contributed by atoms with Crippen LogP contribution in [0.15, 0.2) is 34.1 Å². The first-order valence-corrected chi connectivity index (χ1v) is 10.7. The van der Waals surface area contributed by atoms with Gasteiger partial charge in [0.2, 0.25) is 0 Å². The van der Waals surface area contributed by atoms with Gasteiger partial charge in [0.15, 0.2) is 0 Å². The topological polar surface area (TPSA) is 61.2 Å². The Hall–Kier alpha value is -2.21. The molecule has 0 aliphatic rings. The number of nitrogens with zero attached hydrogens (tertiary/aromatic N) is 2. The zero-order valence-electron chi connectivity index (χ0n) is 16.5. The molecule has 0 radical (unpaired) electrons. The first-order valence-electron chi connectivity index (χ1n) is 9.19. The van der Waals surface area contributed by atoms with Gasteiger partial charge in [0.1, 0.15) is 5.75 Å². The lowest BCUT2D eigenvalue weighted by Crippen LogP contribution is -2.19. The average molecular weight is 387 g/mol. The molecule has 1 aromatic carbocycles. The zero-order chi connectivity index (χ0) is 19.7. The minimum absolute atomic E-state index is 0.0840. The number of fused-ring (bicyclic) bond motifs is 3. The molecule has 0 bridgehead atoms. The molecule has 6 heteroatoms. The van der Waals surface area contributed by atoms with E-state index in [9.17, 15) is 9.00 Å². The summed E-state index contributed by atoms with van der Waals surface area (Å²) in [5.74, 6) is 1.21. The Morgan fingerprint density at radius 3 is 2.67 bits per heavy atom. The number of hydrogen-bond donors (Lipinski definition) is 0. The van der Waals surface area contributed by atoms with Crippen molar-refractivity contribution in [2.24, 2.45) is 13.0 Å². The SMILES string of the molecule is Cc1nccc2c1c(=O)n(C)c1cc(OCCCC(C)C)c(S(C)=O)cc21. The fourth-order valence-electron chi connectivity index (χ4n) is 3.39. The van der Waals surface area contributed by atoms with Crippen LogP contribution in [0.4, 0.5) is 0 Å². The predicted octanol–water partition coefficient (Wildman–Crippen LogP) is 3.95. The van der Waals surface area contributed by atoms with Crippen LogP contribution in [0, 0.1) is 12.8 Å². The molecule has 0 aliphatic carbocycles. The van der Waals surface area contributed by atoms with Crippen LogP contribution in [0.1, 0.15) is 32.4 Å². The van der Waals surface area contributed by atoms with Crippen molar-refractivity contribution in [1.82, 2.24) is 9.55 Å². The maximum absolute atomic E-state index is 12.9. The van der Waals surface area contributed by atoms with Crippen molar-refractivity contribution in [3.63, 3.8) is 0 Å². The summed E-state index contributed by atoms with van der Waals surface area (Å²) in [6.07, 6.45) is 5.37. The Kier molecular flexibility index (Phi) is 5.65. The van der Waals surface area contributed by atoms with E-state index >= 15 is 0 Å². The van der Waals surface area contributed by atoms with Gasteiger partial charge in [0, 0.05) is 31.0 Å². The highest BCUT2D eigenvalue weighted by Gasteiger charge is 2.16. The molecule has 2 aromatic heterocycles. The van der Waals surface area contributed by atoms with Gasteiger partial charge in [-0.1, -0.05) is 13.8 Å². The van der Waals surface area contributed by atoms with E-state index < -0.39 is 10.8 Å². The second kappa shape index (κ2) is 7.80. The van der Waals surface area contributed by atoms with Gasteiger partial charge in [-0.05, 0) is 43.2 Å². The van der Waals surface area contributed by atoms with Gasteiger partial charge in [-0.2, -0.15) is 0 Å². The highest BCUT2D eigenvalue weighted by atomic mass is 32.2. The van der Waals surface area contributed by atoms with E-state index in [1.54, 1.807) is 24.1 Å². The first-order chi connectivity index (χ1) is 12.8. The molecule has 1 unspecified atom stereocenters. The largest absolute Gasteiger partial charge is 0.492 e. The summed E-state index contributed by atoms with van der Waals surface area (Å²) in [5, 5.41) is 2.32. The minimum atomic E-state index is -1.20. The highest BCUT2D eigenvalue weighted by Crippen LogP contribution is 2.32. The molecule has 0 saturated heterocycles. The average Bonchev–Trinajstić information content (AvgIpc) is 2.62. The van der Waals surface area contributed by atoms with Crippen LogP contribution in [-0.2, 0) is 17.8 Å². The number of aromatic nitrogens is 2. The van der Waals surface area contributed by atoms with E-state index in [0.717, 1.165) is 29.1 Å². The minimum Gasteiger partial charge on any atom is -0.492 e. The Morgan fingerprint density at radius 2 is 2.00 bits per heavy atom. The van der Waals surface area contributed by atoms with Crippen LogP contribution in [-0.4, -0.2) is 26.6 Å². The summed E-state index contributed by atoms with van der Waals surface area (Å²) in [6, 6.07) is 5.58. The Morgan fingerprint density at radius 1 is 1.26 bits per heavy atom. The normalized spacial score (nSPS) is 12.8. The highest BCUT2D eigenvalue weighted by molar-refractivity contribution is 7.84. The quantitative estimate of drug-likeness (QED) is 0.475. The van der Waals surface area contributed by atoms with Crippen LogP contribution in [0.2, 0.25) is 0 Å². The van der Waals surface area contributed by atoms with Crippen molar-refractivity contribution in [3.8, 4) is 5.75 Å². The summed E-state index contributed by atoms with van der Waals surface area (Å²) >= 11 is 0. The van der Waals surface area contributed by atoms with E-state index in [0.29, 0.717) is 34.2 Å². The molecule has 0 fully saturated rings. The van der Waals surface area contributed by atoms with Gasteiger partial charge in [-0.15, -0.1) is 0 Å². The molecule has 27 heavy (non-hydrogen) atoms. The van der Waals surface area contributed by atoms with E-state index in [1.165, 1.54) is 0 Å². The third-order valence-corrected chi connectivity index (χ3v) is 5.80. The second-order valence-electron chi connectivity index (χ2n) is 7.34. The van der Waals surface area contributed by atoms with Crippen molar-refractivity contribution in [3.05, 3.63) is 40.4 Å². The molecule has 3 aromatic rings. The molecule has 1 atom stereocenters. The molecule has 5 nitrogen and oxygen atoms in total. The van der Waals surface area contributed by atoms with E-state index in [4.69, 9.17) is 4.74 Å².